The molecular weight excluding hydrogens is 254 g/mol. The Morgan fingerprint density at radius 3 is 2.95 bits per heavy atom. The van der Waals surface area contributed by atoms with Crippen molar-refractivity contribution in [3.8, 4) is 5.75 Å². The van der Waals surface area contributed by atoms with Crippen molar-refractivity contribution in [1.29, 1.82) is 0 Å². The summed E-state index contributed by atoms with van der Waals surface area (Å²) in [4.78, 5) is 23.5. The number of ketones is 1. The number of Topliss-reactive ketones (excluding diaryl/α,β-unsaturated/α-hetero) is 1. The molecule has 0 aromatic heterocycles. The number of aryl methyl sites for hydroxylation is 1. The van der Waals surface area contributed by atoms with Crippen LogP contribution >= 0.6 is 0 Å². The van der Waals surface area contributed by atoms with Gasteiger partial charge in [0.2, 0.25) is 0 Å². The zero-order valence-electron chi connectivity index (χ0n) is 12.1. The third kappa shape index (κ3) is 3.59. The molecule has 0 saturated heterocycles. The van der Waals surface area contributed by atoms with Crippen molar-refractivity contribution in [2.24, 2.45) is 0 Å². The normalized spacial score (nSPS) is 15.4. The van der Waals surface area contributed by atoms with E-state index in [4.69, 9.17) is 4.74 Å². The van der Waals surface area contributed by atoms with Crippen LogP contribution in [0.25, 0.3) is 0 Å². The Kier molecular flexibility index (Phi) is 4.77. The number of carbonyl (C=O) groups excluding carboxylic acids is 2. The lowest BCUT2D eigenvalue weighted by Crippen LogP contribution is -2.35. The first-order chi connectivity index (χ1) is 9.60. The van der Waals surface area contributed by atoms with Crippen LogP contribution in [0.15, 0.2) is 18.2 Å². The number of amides is 1. The topological polar surface area (TPSA) is 55.4 Å². The van der Waals surface area contributed by atoms with Gasteiger partial charge in [-0.3, -0.25) is 9.59 Å². The first-order valence-electron chi connectivity index (χ1n) is 7.18. The molecule has 1 N–H and O–H groups in total. The van der Waals surface area contributed by atoms with Gasteiger partial charge in [0.15, 0.2) is 12.4 Å². The minimum atomic E-state index is -0.136. The van der Waals surface area contributed by atoms with E-state index in [0.717, 1.165) is 30.4 Å². The van der Waals surface area contributed by atoms with Gasteiger partial charge >= 0.3 is 0 Å². The lowest BCUT2D eigenvalue weighted by molar-refractivity contribution is -0.123. The molecule has 0 radical (unpaired) electrons. The summed E-state index contributed by atoms with van der Waals surface area (Å²) in [5, 5.41) is 2.84. The van der Waals surface area contributed by atoms with Crippen LogP contribution < -0.4 is 10.1 Å². The summed E-state index contributed by atoms with van der Waals surface area (Å²) in [6, 6.07) is 5.66. The van der Waals surface area contributed by atoms with E-state index in [1.54, 1.807) is 6.07 Å². The molecular formula is C16H21NO3. The molecule has 0 saturated carbocycles. The Hall–Kier alpha value is -1.84. The van der Waals surface area contributed by atoms with Gasteiger partial charge in [0.05, 0.1) is 0 Å². The van der Waals surface area contributed by atoms with E-state index in [0.29, 0.717) is 12.2 Å². The minimum absolute atomic E-state index is 0.0166. The van der Waals surface area contributed by atoms with Crippen LogP contribution in [0.1, 0.15) is 49.0 Å². The van der Waals surface area contributed by atoms with Crippen molar-refractivity contribution < 1.29 is 14.3 Å². The van der Waals surface area contributed by atoms with E-state index in [1.165, 1.54) is 0 Å². The molecule has 0 aliphatic heterocycles. The molecule has 1 aromatic rings. The van der Waals surface area contributed by atoms with Gasteiger partial charge in [-0.2, -0.15) is 0 Å². The van der Waals surface area contributed by atoms with Crippen LogP contribution in [0.5, 0.6) is 5.75 Å². The van der Waals surface area contributed by atoms with Crippen LogP contribution in [-0.4, -0.2) is 24.3 Å². The van der Waals surface area contributed by atoms with Gasteiger partial charge in [0, 0.05) is 18.0 Å². The summed E-state index contributed by atoms with van der Waals surface area (Å²) in [5.74, 6) is 0.613. The molecule has 1 atom stereocenters. The summed E-state index contributed by atoms with van der Waals surface area (Å²) in [6.45, 7) is 3.95. The van der Waals surface area contributed by atoms with Crippen molar-refractivity contribution in [3.63, 3.8) is 0 Å². The predicted octanol–water partition coefficient (Wildman–Crippen LogP) is 2.50. The highest BCUT2D eigenvalue weighted by atomic mass is 16.5. The molecule has 4 heteroatoms. The van der Waals surface area contributed by atoms with Crippen molar-refractivity contribution in [2.75, 3.05) is 6.61 Å². The number of carbonyl (C=O) groups is 2. The second-order valence-corrected chi connectivity index (χ2v) is 5.26. The Balaban J connectivity index is 1.95. The second-order valence-electron chi connectivity index (χ2n) is 5.26. The lowest BCUT2D eigenvalue weighted by atomic mass is 9.90. The fourth-order valence-electron chi connectivity index (χ4n) is 2.26. The minimum Gasteiger partial charge on any atom is -0.484 e. The van der Waals surface area contributed by atoms with Crippen LogP contribution in [0.4, 0.5) is 0 Å². The number of nitrogens with one attached hydrogen (secondary N) is 1. The highest BCUT2D eigenvalue weighted by molar-refractivity contribution is 5.98. The number of hydrogen-bond acceptors (Lipinski definition) is 3. The number of rotatable bonds is 5. The zero-order valence-corrected chi connectivity index (χ0v) is 12.1. The number of benzene rings is 1. The van der Waals surface area contributed by atoms with E-state index < -0.39 is 0 Å². The van der Waals surface area contributed by atoms with E-state index >= 15 is 0 Å². The van der Waals surface area contributed by atoms with Crippen molar-refractivity contribution in [3.05, 3.63) is 29.3 Å². The smallest absolute Gasteiger partial charge is 0.258 e. The molecule has 1 aromatic carbocycles. The first kappa shape index (κ1) is 14.6. The summed E-state index contributed by atoms with van der Waals surface area (Å²) in [6.07, 6.45) is 3.35. The second kappa shape index (κ2) is 6.55. The van der Waals surface area contributed by atoms with Crippen LogP contribution in [0.2, 0.25) is 0 Å². The molecule has 0 bridgehead atoms. The van der Waals surface area contributed by atoms with E-state index in [1.807, 2.05) is 26.0 Å². The molecule has 0 fully saturated rings. The molecule has 1 unspecified atom stereocenters. The maximum Gasteiger partial charge on any atom is 0.258 e. The number of ether oxygens (including phenoxy) is 1. The fraction of sp³-hybridized carbons (Fsp3) is 0.500. The predicted molar refractivity (Wildman–Crippen MR) is 77.1 cm³/mol. The standard InChI is InChI=1S/C16H21NO3/c1-3-11(2)17-16(19)10-20-13-8-7-12-5-4-6-15(18)14(12)9-13/h7-9,11H,3-6,10H2,1-2H3,(H,17,19). The van der Waals surface area contributed by atoms with Gasteiger partial charge in [0.25, 0.3) is 5.91 Å². The highest BCUT2D eigenvalue weighted by Crippen LogP contribution is 2.25. The first-order valence-corrected chi connectivity index (χ1v) is 7.18. The van der Waals surface area contributed by atoms with Crippen molar-refractivity contribution >= 4 is 11.7 Å². The van der Waals surface area contributed by atoms with E-state index in [9.17, 15) is 9.59 Å². The largest absolute Gasteiger partial charge is 0.484 e. The number of hydrogen-bond donors (Lipinski definition) is 1. The molecule has 0 spiro atoms. The highest BCUT2D eigenvalue weighted by Gasteiger charge is 2.17. The van der Waals surface area contributed by atoms with Gasteiger partial charge in [-0.25, -0.2) is 0 Å². The molecule has 0 heterocycles. The number of fused-ring (bicyclic) bond motifs is 1. The Bertz CT molecular complexity index is 510. The molecule has 20 heavy (non-hydrogen) atoms. The average molecular weight is 275 g/mol. The molecule has 2 rings (SSSR count). The van der Waals surface area contributed by atoms with Crippen molar-refractivity contribution in [2.45, 2.75) is 45.6 Å². The van der Waals surface area contributed by atoms with E-state index in [2.05, 4.69) is 5.32 Å². The summed E-state index contributed by atoms with van der Waals surface area (Å²) >= 11 is 0. The molecule has 1 aliphatic rings. The summed E-state index contributed by atoms with van der Waals surface area (Å²) in [7, 11) is 0. The SMILES string of the molecule is CCC(C)NC(=O)COc1ccc2c(c1)C(=O)CCC2. The van der Waals surface area contributed by atoms with E-state index in [-0.39, 0.29) is 24.3 Å². The van der Waals surface area contributed by atoms with Crippen LogP contribution in [-0.2, 0) is 11.2 Å². The van der Waals surface area contributed by atoms with Gasteiger partial charge in [-0.15, -0.1) is 0 Å². The fourth-order valence-corrected chi connectivity index (χ4v) is 2.26. The third-order valence-corrected chi connectivity index (χ3v) is 3.62. The van der Waals surface area contributed by atoms with Crippen LogP contribution in [0.3, 0.4) is 0 Å². The Labute approximate surface area is 119 Å². The van der Waals surface area contributed by atoms with Crippen LogP contribution in [0, 0.1) is 0 Å². The van der Waals surface area contributed by atoms with Gasteiger partial charge < -0.3 is 10.1 Å². The monoisotopic (exact) mass is 275 g/mol. The lowest BCUT2D eigenvalue weighted by Gasteiger charge is -2.16. The van der Waals surface area contributed by atoms with Gasteiger partial charge in [0.1, 0.15) is 5.75 Å². The summed E-state index contributed by atoms with van der Waals surface area (Å²) in [5.41, 5.74) is 1.83. The molecule has 108 valence electrons. The quantitative estimate of drug-likeness (QED) is 0.898. The van der Waals surface area contributed by atoms with Gasteiger partial charge in [-0.05, 0) is 43.9 Å². The molecule has 1 amide bonds. The maximum atomic E-state index is 11.8. The maximum absolute atomic E-state index is 11.8. The molecule has 1 aliphatic carbocycles. The third-order valence-electron chi connectivity index (χ3n) is 3.62. The Morgan fingerprint density at radius 2 is 2.20 bits per heavy atom. The molecule has 4 nitrogen and oxygen atoms in total. The van der Waals surface area contributed by atoms with Crippen molar-refractivity contribution in [1.82, 2.24) is 5.32 Å². The Morgan fingerprint density at radius 1 is 1.40 bits per heavy atom. The summed E-state index contributed by atoms with van der Waals surface area (Å²) < 4.78 is 5.46. The van der Waals surface area contributed by atoms with Gasteiger partial charge in [-0.1, -0.05) is 13.0 Å². The zero-order chi connectivity index (χ0) is 14.5. The average Bonchev–Trinajstić information content (AvgIpc) is 2.45.